The molecular weight excluding hydrogens is 487 g/mol. The van der Waals surface area contributed by atoms with Crippen molar-refractivity contribution in [2.75, 3.05) is 44.3 Å². The zero-order valence-corrected chi connectivity index (χ0v) is 19.9. The molecule has 0 spiro atoms. The van der Waals surface area contributed by atoms with Crippen molar-refractivity contribution in [1.82, 2.24) is 24.8 Å². The van der Waals surface area contributed by atoms with E-state index in [0.29, 0.717) is 23.2 Å². The zero-order chi connectivity index (χ0) is 26.4. The number of nitrogen functional groups attached to an aromatic ring is 1. The molecule has 1 fully saturated rings. The van der Waals surface area contributed by atoms with Gasteiger partial charge in [0.05, 0.1) is 11.1 Å². The van der Waals surface area contributed by atoms with Gasteiger partial charge in [0.2, 0.25) is 5.95 Å². The zero-order valence-electron chi connectivity index (χ0n) is 19.9. The lowest BCUT2D eigenvalue weighted by Crippen LogP contribution is -2.43. The van der Waals surface area contributed by atoms with Gasteiger partial charge < -0.3 is 20.7 Å². The Hall–Kier alpha value is -4.21. The van der Waals surface area contributed by atoms with Crippen molar-refractivity contribution in [3.63, 3.8) is 0 Å². The van der Waals surface area contributed by atoms with Gasteiger partial charge in [0, 0.05) is 80.4 Å². The summed E-state index contributed by atoms with van der Waals surface area (Å²) in [5, 5.41) is 2.60. The lowest BCUT2D eigenvalue weighted by molar-refractivity contribution is -0.275. The molecule has 192 valence electrons. The maximum absolute atomic E-state index is 13.1. The Balaban J connectivity index is 1.49. The van der Waals surface area contributed by atoms with Crippen molar-refractivity contribution in [2.45, 2.75) is 12.9 Å². The second kappa shape index (κ2) is 11.2. The van der Waals surface area contributed by atoms with Gasteiger partial charge in [0.15, 0.2) is 0 Å². The number of nitrogens with two attached hydrogens (primary N) is 1. The van der Waals surface area contributed by atoms with Crippen LogP contribution in [-0.4, -0.2) is 70.2 Å². The van der Waals surface area contributed by atoms with E-state index >= 15 is 0 Å². The second-order valence-corrected chi connectivity index (χ2v) is 8.45. The first kappa shape index (κ1) is 25.9. The fourth-order valence-electron chi connectivity index (χ4n) is 3.61. The van der Waals surface area contributed by atoms with E-state index in [2.05, 4.69) is 46.6 Å². The minimum absolute atomic E-state index is 0.127. The monoisotopic (exact) mass is 511 g/mol. The van der Waals surface area contributed by atoms with E-state index in [1.54, 1.807) is 6.07 Å². The number of nitrogens with one attached hydrogen (secondary N) is 1. The Morgan fingerprint density at radius 2 is 1.76 bits per heavy atom. The number of hydrogen-bond donors (Lipinski definition) is 2. The molecular formula is C25H24F3N7O2. The van der Waals surface area contributed by atoms with E-state index in [9.17, 15) is 18.0 Å². The molecule has 12 heteroatoms. The number of piperazine rings is 1. The van der Waals surface area contributed by atoms with Gasteiger partial charge in [-0.1, -0.05) is 17.9 Å². The average molecular weight is 512 g/mol. The number of rotatable bonds is 5. The van der Waals surface area contributed by atoms with Crippen molar-refractivity contribution < 1.29 is 22.7 Å². The SMILES string of the molecule is CN1CCN(Cc2ccc(NC(=O)c3cncc(C#Cc4cnc(N)nc4)c3)cc2OC(F)(F)F)CC1. The van der Waals surface area contributed by atoms with Crippen LogP contribution in [0.15, 0.2) is 49.1 Å². The number of alkyl halides is 3. The molecule has 3 N–H and O–H groups in total. The number of halogens is 3. The van der Waals surface area contributed by atoms with Crippen molar-refractivity contribution >= 4 is 17.5 Å². The van der Waals surface area contributed by atoms with E-state index in [1.807, 2.05) is 7.05 Å². The number of carbonyl (C=O) groups is 1. The highest BCUT2D eigenvalue weighted by atomic mass is 19.4. The number of carbonyl (C=O) groups excluding carboxylic acids is 1. The Kier molecular flexibility index (Phi) is 7.86. The van der Waals surface area contributed by atoms with E-state index in [0.717, 1.165) is 26.2 Å². The first-order valence-corrected chi connectivity index (χ1v) is 11.3. The van der Waals surface area contributed by atoms with Crippen molar-refractivity contribution in [2.24, 2.45) is 0 Å². The lowest BCUT2D eigenvalue weighted by Gasteiger charge is -2.32. The standard InChI is InChI=1S/C25H24F3N7O2/c1-34-6-8-35(9-7-34)16-19-4-5-21(11-22(19)37-25(26,27)28)33-23(36)20-10-17(12-30-15-20)2-3-18-13-31-24(29)32-14-18/h4-5,10-15H,6-9,16H2,1H3,(H,33,36)(H2,29,31,32). The summed E-state index contributed by atoms with van der Waals surface area (Å²) in [4.78, 5) is 28.8. The molecule has 1 aromatic carbocycles. The summed E-state index contributed by atoms with van der Waals surface area (Å²) in [5.74, 6) is 4.91. The molecule has 1 amide bonds. The first-order chi connectivity index (χ1) is 17.6. The number of nitrogens with zero attached hydrogens (tertiary/aromatic N) is 5. The molecule has 0 saturated carbocycles. The number of aromatic nitrogens is 3. The van der Waals surface area contributed by atoms with Crippen molar-refractivity contribution in [3.8, 4) is 17.6 Å². The molecule has 2 aromatic heterocycles. The Morgan fingerprint density at radius 3 is 2.46 bits per heavy atom. The highest BCUT2D eigenvalue weighted by Crippen LogP contribution is 2.30. The minimum atomic E-state index is -4.87. The van der Waals surface area contributed by atoms with Gasteiger partial charge in [-0.05, 0) is 19.2 Å². The molecule has 0 atom stereocenters. The van der Waals surface area contributed by atoms with Crippen LogP contribution in [0.1, 0.15) is 27.0 Å². The molecule has 1 aliphatic heterocycles. The third kappa shape index (κ3) is 7.63. The molecule has 0 aliphatic carbocycles. The van der Waals surface area contributed by atoms with Crippen LogP contribution in [0.3, 0.4) is 0 Å². The summed E-state index contributed by atoms with van der Waals surface area (Å²) in [6, 6.07) is 5.77. The topological polar surface area (TPSA) is 110 Å². The number of ether oxygens (including phenoxy) is 1. The quantitative estimate of drug-likeness (QED) is 0.504. The molecule has 37 heavy (non-hydrogen) atoms. The molecule has 0 radical (unpaired) electrons. The molecule has 4 rings (SSSR count). The molecule has 3 heterocycles. The minimum Gasteiger partial charge on any atom is -0.405 e. The van der Waals surface area contributed by atoms with Gasteiger partial charge >= 0.3 is 6.36 Å². The fraction of sp³-hybridized carbons (Fsp3) is 0.280. The highest BCUT2D eigenvalue weighted by molar-refractivity contribution is 6.04. The molecule has 1 aliphatic rings. The summed E-state index contributed by atoms with van der Waals surface area (Å²) >= 11 is 0. The van der Waals surface area contributed by atoms with Crippen LogP contribution in [-0.2, 0) is 6.54 Å². The highest BCUT2D eigenvalue weighted by Gasteiger charge is 2.32. The van der Waals surface area contributed by atoms with Gasteiger partial charge in [-0.3, -0.25) is 14.7 Å². The molecule has 0 bridgehead atoms. The molecule has 1 saturated heterocycles. The number of benzene rings is 1. The lowest BCUT2D eigenvalue weighted by atomic mass is 10.1. The van der Waals surface area contributed by atoms with Crippen molar-refractivity contribution in [3.05, 3.63) is 71.3 Å². The van der Waals surface area contributed by atoms with Gasteiger partial charge in [-0.25, -0.2) is 9.97 Å². The molecule has 0 unspecified atom stereocenters. The smallest absolute Gasteiger partial charge is 0.405 e. The van der Waals surface area contributed by atoms with E-state index in [1.165, 1.54) is 43.0 Å². The van der Waals surface area contributed by atoms with E-state index < -0.39 is 12.3 Å². The van der Waals surface area contributed by atoms with E-state index in [-0.39, 0.29) is 22.9 Å². The van der Waals surface area contributed by atoms with Crippen LogP contribution in [0.4, 0.5) is 24.8 Å². The maximum atomic E-state index is 13.1. The van der Waals surface area contributed by atoms with Crippen LogP contribution >= 0.6 is 0 Å². The van der Waals surface area contributed by atoms with Crippen LogP contribution in [0, 0.1) is 11.8 Å². The normalized spacial score (nSPS) is 14.5. The van der Waals surface area contributed by atoms with Crippen LogP contribution in [0.5, 0.6) is 5.75 Å². The second-order valence-electron chi connectivity index (χ2n) is 8.45. The number of pyridine rings is 1. The van der Waals surface area contributed by atoms with Crippen LogP contribution in [0.2, 0.25) is 0 Å². The third-order valence-corrected chi connectivity index (χ3v) is 5.56. The predicted molar refractivity (Wildman–Crippen MR) is 131 cm³/mol. The van der Waals surface area contributed by atoms with Gasteiger partial charge in [-0.2, -0.15) is 0 Å². The number of anilines is 2. The first-order valence-electron chi connectivity index (χ1n) is 11.3. The largest absolute Gasteiger partial charge is 0.573 e. The summed E-state index contributed by atoms with van der Waals surface area (Å²) in [6.45, 7) is 3.43. The summed E-state index contributed by atoms with van der Waals surface area (Å²) in [6.07, 6.45) is 0.874. The fourth-order valence-corrected chi connectivity index (χ4v) is 3.61. The summed E-state index contributed by atoms with van der Waals surface area (Å²) in [5.41, 5.74) is 7.15. The van der Waals surface area contributed by atoms with Gasteiger partial charge in [0.25, 0.3) is 5.91 Å². The number of likely N-dealkylation sites (N-methyl/N-ethyl adjacent to an activating group) is 1. The Bertz CT molecular complexity index is 1310. The van der Waals surface area contributed by atoms with Gasteiger partial charge in [0.1, 0.15) is 5.75 Å². The maximum Gasteiger partial charge on any atom is 0.573 e. The number of amides is 1. The molecule has 9 nitrogen and oxygen atoms in total. The summed E-state index contributed by atoms with van der Waals surface area (Å²) < 4.78 is 43.6. The van der Waals surface area contributed by atoms with Crippen molar-refractivity contribution in [1.29, 1.82) is 0 Å². The Morgan fingerprint density at radius 1 is 1.05 bits per heavy atom. The number of hydrogen-bond acceptors (Lipinski definition) is 8. The Labute approximate surface area is 211 Å². The van der Waals surface area contributed by atoms with Crippen LogP contribution in [0.25, 0.3) is 0 Å². The van der Waals surface area contributed by atoms with Gasteiger partial charge in [-0.15, -0.1) is 13.2 Å². The average Bonchev–Trinajstić information content (AvgIpc) is 2.86. The predicted octanol–water partition coefficient (Wildman–Crippen LogP) is 2.75. The third-order valence-electron chi connectivity index (χ3n) is 5.56. The summed E-state index contributed by atoms with van der Waals surface area (Å²) in [7, 11) is 2.00. The van der Waals surface area contributed by atoms with Crippen LogP contribution < -0.4 is 15.8 Å². The van der Waals surface area contributed by atoms with E-state index in [4.69, 9.17) is 5.73 Å². The molecule has 3 aromatic rings.